The van der Waals surface area contributed by atoms with Crippen LogP contribution < -0.4 is 11.1 Å². The van der Waals surface area contributed by atoms with Crippen molar-refractivity contribution in [2.24, 2.45) is 5.92 Å². The minimum atomic E-state index is 0.395. The molecular formula is C16H21N3O. The largest absolute Gasteiger partial charge is 0.399 e. The lowest BCUT2D eigenvalue weighted by molar-refractivity contribution is 0.0900. The Balaban J connectivity index is 1.77. The van der Waals surface area contributed by atoms with E-state index in [9.17, 15) is 0 Å². The Morgan fingerprint density at radius 3 is 3.15 bits per heavy atom. The molecule has 0 bridgehead atoms. The highest BCUT2D eigenvalue weighted by molar-refractivity contribution is 5.92. The van der Waals surface area contributed by atoms with E-state index in [-0.39, 0.29) is 0 Å². The summed E-state index contributed by atoms with van der Waals surface area (Å²) in [4.78, 5) is 4.37. The smallest absolute Gasteiger partial charge is 0.0743 e. The summed E-state index contributed by atoms with van der Waals surface area (Å²) < 4.78 is 5.74. The number of nitrogen functional groups attached to an aromatic ring is 1. The van der Waals surface area contributed by atoms with E-state index in [2.05, 4.69) is 17.2 Å². The van der Waals surface area contributed by atoms with E-state index >= 15 is 0 Å². The molecule has 1 aliphatic heterocycles. The minimum absolute atomic E-state index is 0.395. The van der Waals surface area contributed by atoms with Crippen molar-refractivity contribution in [3.63, 3.8) is 0 Å². The fourth-order valence-electron chi connectivity index (χ4n) is 2.94. The maximum absolute atomic E-state index is 5.81. The van der Waals surface area contributed by atoms with Crippen LogP contribution in [0.2, 0.25) is 0 Å². The van der Waals surface area contributed by atoms with Gasteiger partial charge >= 0.3 is 0 Å². The SMILES string of the molecule is CCC1OCCC1CNc1ccnc2cc(N)ccc12. The van der Waals surface area contributed by atoms with Gasteiger partial charge in [0.15, 0.2) is 0 Å². The minimum Gasteiger partial charge on any atom is -0.399 e. The van der Waals surface area contributed by atoms with Gasteiger partial charge in [-0.25, -0.2) is 0 Å². The third-order valence-corrected chi connectivity index (χ3v) is 4.07. The average Bonchev–Trinajstić information content (AvgIpc) is 2.92. The second-order valence-corrected chi connectivity index (χ2v) is 5.38. The highest BCUT2D eigenvalue weighted by Crippen LogP contribution is 2.27. The number of anilines is 2. The van der Waals surface area contributed by atoms with Gasteiger partial charge in [-0.05, 0) is 37.1 Å². The monoisotopic (exact) mass is 271 g/mol. The highest BCUT2D eigenvalue weighted by Gasteiger charge is 2.26. The van der Waals surface area contributed by atoms with E-state index < -0.39 is 0 Å². The molecule has 0 amide bonds. The van der Waals surface area contributed by atoms with Gasteiger partial charge in [-0.2, -0.15) is 0 Å². The number of ether oxygens (including phenoxy) is 1. The molecule has 2 unspecified atom stereocenters. The first kappa shape index (κ1) is 13.2. The number of pyridine rings is 1. The van der Waals surface area contributed by atoms with E-state index in [1.807, 2.05) is 30.5 Å². The van der Waals surface area contributed by atoms with Crippen LogP contribution in [0.5, 0.6) is 0 Å². The summed E-state index contributed by atoms with van der Waals surface area (Å²) in [5.74, 6) is 0.594. The molecule has 1 fully saturated rings. The van der Waals surface area contributed by atoms with Gasteiger partial charge in [0.2, 0.25) is 0 Å². The van der Waals surface area contributed by atoms with Crippen molar-refractivity contribution in [3.8, 4) is 0 Å². The van der Waals surface area contributed by atoms with Crippen LogP contribution in [0.15, 0.2) is 30.5 Å². The van der Waals surface area contributed by atoms with Crippen molar-refractivity contribution < 1.29 is 4.74 Å². The topological polar surface area (TPSA) is 60.2 Å². The molecule has 3 rings (SSSR count). The van der Waals surface area contributed by atoms with E-state index in [4.69, 9.17) is 10.5 Å². The van der Waals surface area contributed by atoms with Crippen LogP contribution in [0, 0.1) is 5.92 Å². The Morgan fingerprint density at radius 1 is 1.40 bits per heavy atom. The van der Waals surface area contributed by atoms with Crippen LogP contribution in [-0.2, 0) is 4.74 Å². The van der Waals surface area contributed by atoms with Gasteiger partial charge in [0.05, 0.1) is 11.6 Å². The molecule has 2 atom stereocenters. The molecule has 20 heavy (non-hydrogen) atoms. The van der Waals surface area contributed by atoms with Gasteiger partial charge in [0.25, 0.3) is 0 Å². The summed E-state index contributed by atoms with van der Waals surface area (Å²) in [5, 5.41) is 4.67. The summed E-state index contributed by atoms with van der Waals surface area (Å²) in [5.41, 5.74) is 8.61. The van der Waals surface area contributed by atoms with E-state index in [1.165, 1.54) is 0 Å². The number of benzene rings is 1. The first-order chi connectivity index (χ1) is 9.78. The summed E-state index contributed by atoms with van der Waals surface area (Å²) >= 11 is 0. The number of nitrogens with two attached hydrogens (primary N) is 1. The maximum atomic E-state index is 5.81. The lowest BCUT2D eigenvalue weighted by Gasteiger charge is -2.18. The molecular weight excluding hydrogens is 250 g/mol. The first-order valence-corrected chi connectivity index (χ1v) is 7.27. The molecule has 0 spiro atoms. The van der Waals surface area contributed by atoms with Gasteiger partial charge < -0.3 is 15.8 Å². The Kier molecular flexibility index (Phi) is 3.74. The standard InChI is InChI=1S/C16H21N3O/c1-2-16-11(6-8-20-16)10-19-14-5-7-18-15-9-12(17)3-4-13(14)15/h3-5,7,9,11,16H,2,6,8,10,17H2,1H3,(H,18,19). The number of aromatic nitrogens is 1. The molecule has 2 aromatic rings. The van der Waals surface area contributed by atoms with Gasteiger partial charge in [-0.15, -0.1) is 0 Å². The summed E-state index contributed by atoms with van der Waals surface area (Å²) in [6.45, 7) is 4.02. The van der Waals surface area contributed by atoms with Crippen LogP contribution in [0.4, 0.5) is 11.4 Å². The fraction of sp³-hybridized carbons (Fsp3) is 0.438. The second-order valence-electron chi connectivity index (χ2n) is 5.38. The number of nitrogens with one attached hydrogen (secondary N) is 1. The molecule has 1 aromatic carbocycles. The van der Waals surface area contributed by atoms with E-state index in [0.29, 0.717) is 12.0 Å². The van der Waals surface area contributed by atoms with Crippen molar-refractivity contribution in [2.45, 2.75) is 25.9 Å². The fourth-order valence-corrected chi connectivity index (χ4v) is 2.94. The molecule has 0 saturated carbocycles. The second kappa shape index (κ2) is 5.67. The molecule has 1 aromatic heterocycles. The Morgan fingerprint density at radius 2 is 2.30 bits per heavy atom. The molecule has 4 heteroatoms. The predicted molar refractivity (Wildman–Crippen MR) is 82.8 cm³/mol. The van der Waals surface area contributed by atoms with Crippen molar-refractivity contribution >= 4 is 22.3 Å². The number of hydrogen-bond acceptors (Lipinski definition) is 4. The number of nitrogens with zero attached hydrogens (tertiary/aromatic N) is 1. The zero-order valence-corrected chi connectivity index (χ0v) is 11.8. The normalized spacial score (nSPS) is 22.2. The van der Waals surface area contributed by atoms with Gasteiger partial charge in [0, 0.05) is 42.0 Å². The summed E-state index contributed by atoms with van der Waals surface area (Å²) in [7, 11) is 0. The van der Waals surface area contributed by atoms with E-state index in [0.717, 1.165) is 48.3 Å². The number of fused-ring (bicyclic) bond motifs is 1. The average molecular weight is 271 g/mol. The highest BCUT2D eigenvalue weighted by atomic mass is 16.5. The third kappa shape index (κ3) is 2.56. The molecule has 106 valence electrons. The van der Waals surface area contributed by atoms with E-state index in [1.54, 1.807) is 0 Å². The Labute approximate surface area is 119 Å². The Hall–Kier alpha value is -1.81. The molecule has 0 radical (unpaired) electrons. The molecule has 0 aliphatic carbocycles. The summed E-state index contributed by atoms with van der Waals surface area (Å²) in [6.07, 6.45) is 4.44. The van der Waals surface area contributed by atoms with Crippen molar-refractivity contribution in [2.75, 3.05) is 24.2 Å². The zero-order chi connectivity index (χ0) is 13.9. The zero-order valence-electron chi connectivity index (χ0n) is 11.8. The molecule has 1 aliphatic rings. The molecule has 2 heterocycles. The number of rotatable bonds is 4. The summed E-state index contributed by atoms with van der Waals surface area (Å²) in [6, 6.07) is 7.88. The van der Waals surface area contributed by atoms with Crippen LogP contribution >= 0.6 is 0 Å². The lowest BCUT2D eigenvalue weighted by atomic mass is 9.99. The molecule has 4 nitrogen and oxygen atoms in total. The van der Waals surface area contributed by atoms with Crippen LogP contribution in [-0.4, -0.2) is 24.2 Å². The van der Waals surface area contributed by atoms with Crippen molar-refractivity contribution in [1.82, 2.24) is 4.98 Å². The third-order valence-electron chi connectivity index (χ3n) is 4.07. The van der Waals surface area contributed by atoms with Crippen LogP contribution in [0.1, 0.15) is 19.8 Å². The molecule has 1 saturated heterocycles. The van der Waals surface area contributed by atoms with Crippen molar-refractivity contribution in [1.29, 1.82) is 0 Å². The quantitative estimate of drug-likeness (QED) is 0.839. The maximum Gasteiger partial charge on any atom is 0.0743 e. The van der Waals surface area contributed by atoms with Gasteiger partial charge in [-0.1, -0.05) is 6.92 Å². The lowest BCUT2D eigenvalue weighted by Crippen LogP contribution is -2.22. The molecule has 3 N–H and O–H groups in total. The first-order valence-electron chi connectivity index (χ1n) is 7.27. The number of hydrogen-bond donors (Lipinski definition) is 2. The van der Waals surface area contributed by atoms with Gasteiger partial charge in [-0.3, -0.25) is 4.98 Å². The Bertz CT molecular complexity index is 599. The van der Waals surface area contributed by atoms with Gasteiger partial charge in [0.1, 0.15) is 0 Å². The van der Waals surface area contributed by atoms with Crippen LogP contribution in [0.25, 0.3) is 10.9 Å². The predicted octanol–water partition coefficient (Wildman–Crippen LogP) is 3.04. The van der Waals surface area contributed by atoms with Crippen LogP contribution in [0.3, 0.4) is 0 Å². The van der Waals surface area contributed by atoms with Crippen molar-refractivity contribution in [3.05, 3.63) is 30.5 Å².